The van der Waals surface area contributed by atoms with Crippen LogP contribution in [0.3, 0.4) is 0 Å². The molecule has 0 aliphatic heterocycles. The molecular weight excluding hydrogens is 470 g/mol. The van der Waals surface area contributed by atoms with Crippen LogP contribution in [-0.2, 0) is 20.9 Å². The van der Waals surface area contributed by atoms with E-state index in [4.69, 9.17) is 4.74 Å². The van der Waals surface area contributed by atoms with Gasteiger partial charge in [-0.15, -0.1) is 0 Å². The molecule has 2 amide bonds. The summed E-state index contributed by atoms with van der Waals surface area (Å²) < 4.78 is 5.63. The van der Waals surface area contributed by atoms with Crippen LogP contribution in [-0.4, -0.2) is 72.7 Å². The molecule has 192 valence electrons. The molecule has 0 spiro atoms. The minimum atomic E-state index is -1.13. The monoisotopic (exact) mass is 501 g/mol. The van der Waals surface area contributed by atoms with E-state index in [0.29, 0.717) is 0 Å². The fourth-order valence-electron chi connectivity index (χ4n) is 4.73. The van der Waals surface area contributed by atoms with Crippen molar-refractivity contribution in [3.05, 3.63) is 95.6 Å². The Kier molecular flexibility index (Phi) is 8.20. The van der Waals surface area contributed by atoms with Gasteiger partial charge in [-0.2, -0.15) is 0 Å². The maximum atomic E-state index is 13.4. The van der Waals surface area contributed by atoms with Crippen molar-refractivity contribution in [1.29, 1.82) is 0 Å². The first-order chi connectivity index (χ1) is 17.8. The Hall–Kier alpha value is -4.17. The van der Waals surface area contributed by atoms with Gasteiger partial charge in [0.2, 0.25) is 5.91 Å². The summed E-state index contributed by atoms with van der Waals surface area (Å²) >= 11 is 0. The largest absolute Gasteiger partial charge is 0.480 e. The molecule has 0 fully saturated rings. The molecule has 2 N–H and O–H groups in total. The van der Waals surface area contributed by atoms with Gasteiger partial charge < -0.3 is 25.0 Å². The Morgan fingerprint density at radius 2 is 1.46 bits per heavy atom. The first kappa shape index (κ1) is 25.9. The standard InChI is InChI=1S/C29H31N3O5/c1-31(2)17-26(28(35)32(18-27(33)34)16-20-10-4-3-5-11-20)30-29(36)37-19-25-23-14-8-6-12-21(23)22-13-7-9-15-24(22)25/h3-15,25-26H,16-19H2,1-2H3,(H,30,36)(H,33,34). The third-order valence-electron chi connectivity index (χ3n) is 6.34. The molecule has 1 aliphatic carbocycles. The summed E-state index contributed by atoms with van der Waals surface area (Å²) in [5, 5.41) is 12.1. The first-order valence-electron chi connectivity index (χ1n) is 12.1. The average Bonchev–Trinajstić information content (AvgIpc) is 3.20. The van der Waals surface area contributed by atoms with E-state index in [1.165, 1.54) is 4.90 Å². The minimum Gasteiger partial charge on any atom is -0.480 e. The molecule has 3 aromatic rings. The van der Waals surface area contributed by atoms with Crippen molar-refractivity contribution in [1.82, 2.24) is 15.1 Å². The molecule has 37 heavy (non-hydrogen) atoms. The summed E-state index contributed by atoms with van der Waals surface area (Å²) in [5.41, 5.74) is 5.22. The normalized spacial score (nSPS) is 12.9. The summed E-state index contributed by atoms with van der Waals surface area (Å²) in [5.74, 6) is -1.73. The number of hydrogen-bond acceptors (Lipinski definition) is 5. The van der Waals surface area contributed by atoms with Crippen LogP contribution in [0.1, 0.15) is 22.6 Å². The van der Waals surface area contributed by atoms with Gasteiger partial charge in [0, 0.05) is 19.0 Å². The molecule has 0 saturated heterocycles. The highest BCUT2D eigenvalue weighted by Gasteiger charge is 2.31. The third-order valence-corrected chi connectivity index (χ3v) is 6.34. The Balaban J connectivity index is 1.46. The number of nitrogens with zero attached hydrogens (tertiary/aromatic N) is 2. The van der Waals surface area contributed by atoms with Crippen LogP contribution in [0.15, 0.2) is 78.9 Å². The number of hydrogen-bond donors (Lipinski definition) is 2. The van der Waals surface area contributed by atoms with E-state index in [1.54, 1.807) is 19.0 Å². The molecule has 8 nitrogen and oxygen atoms in total. The van der Waals surface area contributed by atoms with Crippen molar-refractivity contribution in [2.75, 3.05) is 33.8 Å². The quantitative estimate of drug-likeness (QED) is 0.441. The summed E-state index contributed by atoms with van der Waals surface area (Å²) in [6, 6.07) is 24.3. The molecule has 0 heterocycles. The van der Waals surface area contributed by atoms with Gasteiger partial charge in [-0.3, -0.25) is 9.59 Å². The third kappa shape index (κ3) is 6.34. The van der Waals surface area contributed by atoms with Gasteiger partial charge in [0.15, 0.2) is 0 Å². The highest BCUT2D eigenvalue weighted by Crippen LogP contribution is 2.44. The number of amides is 2. The second-order valence-corrected chi connectivity index (χ2v) is 9.36. The lowest BCUT2D eigenvalue weighted by atomic mass is 9.98. The second-order valence-electron chi connectivity index (χ2n) is 9.36. The number of ether oxygens (including phenoxy) is 1. The predicted octanol–water partition coefficient (Wildman–Crippen LogP) is 3.57. The highest BCUT2D eigenvalue weighted by molar-refractivity contribution is 5.88. The Morgan fingerprint density at radius 1 is 0.892 bits per heavy atom. The van der Waals surface area contributed by atoms with Gasteiger partial charge in [0.25, 0.3) is 0 Å². The molecule has 4 rings (SSSR count). The summed E-state index contributed by atoms with van der Waals surface area (Å²) in [6.45, 7) is -0.0637. The molecule has 0 radical (unpaired) electrons. The van der Waals surface area contributed by atoms with Gasteiger partial charge in [-0.1, -0.05) is 78.9 Å². The smallest absolute Gasteiger partial charge is 0.407 e. The van der Waals surface area contributed by atoms with Crippen molar-refractivity contribution in [2.24, 2.45) is 0 Å². The Morgan fingerprint density at radius 3 is 2.03 bits per heavy atom. The number of benzene rings is 3. The van der Waals surface area contributed by atoms with Crippen LogP contribution in [0.2, 0.25) is 0 Å². The number of fused-ring (bicyclic) bond motifs is 3. The topological polar surface area (TPSA) is 99.2 Å². The fraction of sp³-hybridized carbons (Fsp3) is 0.276. The van der Waals surface area contributed by atoms with Gasteiger partial charge in [-0.05, 0) is 41.9 Å². The zero-order valence-corrected chi connectivity index (χ0v) is 21.0. The van der Waals surface area contributed by atoms with Crippen molar-refractivity contribution < 1.29 is 24.2 Å². The Bertz CT molecular complexity index is 1220. The van der Waals surface area contributed by atoms with Crippen LogP contribution in [0.5, 0.6) is 0 Å². The molecule has 0 aromatic heterocycles. The zero-order chi connectivity index (χ0) is 26.4. The number of carbonyl (C=O) groups is 3. The van der Waals surface area contributed by atoms with Gasteiger partial charge in [0.05, 0.1) is 0 Å². The zero-order valence-electron chi connectivity index (χ0n) is 21.0. The maximum Gasteiger partial charge on any atom is 0.407 e. The fourth-order valence-corrected chi connectivity index (χ4v) is 4.73. The molecule has 0 bridgehead atoms. The van der Waals surface area contributed by atoms with Crippen molar-refractivity contribution in [2.45, 2.75) is 18.5 Å². The average molecular weight is 502 g/mol. The number of carbonyl (C=O) groups excluding carboxylic acids is 2. The van der Waals surface area contributed by atoms with Crippen LogP contribution >= 0.6 is 0 Å². The number of nitrogens with one attached hydrogen (secondary N) is 1. The minimum absolute atomic E-state index is 0.109. The van der Waals surface area contributed by atoms with Gasteiger partial charge in [-0.25, -0.2) is 4.79 Å². The van der Waals surface area contributed by atoms with Crippen molar-refractivity contribution in [3.8, 4) is 11.1 Å². The lowest BCUT2D eigenvalue weighted by Gasteiger charge is -2.28. The summed E-state index contributed by atoms with van der Waals surface area (Å²) in [4.78, 5) is 40.8. The SMILES string of the molecule is CN(C)CC(NC(=O)OCC1c2ccccc2-c2ccccc21)C(=O)N(CC(=O)O)Cc1ccccc1. The Labute approximate surface area is 216 Å². The summed E-state index contributed by atoms with van der Waals surface area (Å²) in [6.07, 6.45) is -0.725. The van der Waals surface area contributed by atoms with Crippen LogP contribution in [0.25, 0.3) is 11.1 Å². The van der Waals surface area contributed by atoms with E-state index in [2.05, 4.69) is 17.4 Å². The first-order valence-corrected chi connectivity index (χ1v) is 12.1. The van der Waals surface area contributed by atoms with E-state index in [9.17, 15) is 19.5 Å². The number of alkyl carbamates (subject to hydrolysis) is 1. The van der Waals surface area contributed by atoms with Crippen LogP contribution in [0.4, 0.5) is 4.79 Å². The van der Waals surface area contributed by atoms with Gasteiger partial charge >= 0.3 is 12.1 Å². The van der Waals surface area contributed by atoms with E-state index < -0.39 is 30.6 Å². The number of rotatable bonds is 10. The van der Waals surface area contributed by atoms with E-state index >= 15 is 0 Å². The molecule has 0 saturated carbocycles. The van der Waals surface area contributed by atoms with E-state index in [1.807, 2.05) is 66.7 Å². The predicted molar refractivity (Wildman–Crippen MR) is 140 cm³/mol. The van der Waals surface area contributed by atoms with Gasteiger partial charge in [0.1, 0.15) is 19.2 Å². The highest BCUT2D eigenvalue weighted by atomic mass is 16.5. The molecular formula is C29H31N3O5. The molecule has 1 unspecified atom stereocenters. The van der Waals surface area contributed by atoms with E-state index in [0.717, 1.165) is 27.8 Å². The van der Waals surface area contributed by atoms with Crippen molar-refractivity contribution in [3.63, 3.8) is 0 Å². The lowest BCUT2D eigenvalue weighted by Crippen LogP contribution is -2.53. The number of carboxylic acid groups (broad SMARTS) is 1. The second kappa shape index (κ2) is 11.7. The number of carboxylic acids is 1. The van der Waals surface area contributed by atoms with Crippen molar-refractivity contribution >= 4 is 18.0 Å². The molecule has 1 atom stereocenters. The van der Waals surface area contributed by atoms with Crippen LogP contribution < -0.4 is 5.32 Å². The molecule has 8 heteroatoms. The van der Waals surface area contributed by atoms with E-state index in [-0.39, 0.29) is 25.6 Å². The molecule has 1 aliphatic rings. The number of aliphatic carboxylic acids is 1. The van der Waals surface area contributed by atoms with Crippen LogP contribution in [0, 0.1) is 0 Å². The molecule has 3 aromatic carbocycles. The number of likely N-dealkylation sites (N-methyl/N-ethyl adjacent to an activating group) is 1. The summed E-state index contributed by atoms with van der Waals surface area (Å²) in [7, 11) is 3.55. The lowest BCUT2D eigenvalue weighted by molar-refractivity contribution is -0.145. The maximum absolute atomic E-state index is 13.4.